The molecule has 0 fully saturated rings. The molecular formula is C14H11F2NO3S2. The van der Waals surface area contributed by atoms with Crippen molar-refractivity contribution in [3.63, 3.8) is 0 Å². The second kappa shape index (κ2) is 7.37. The van der Waals surface area contributed by atoms with Crippen LogP contribution in [0.3, 0.4) is 0 Å². The summed E-state index contributed by atoms with van der Waals surface area (Å²) in [6.07, 6.45) is 0. The van der Waals surface area contributed by atoms with Gasteiger partial charge in [-0.1, -0.05) is 23.9 Å². The van der Waals surface area contributed by atoms with E-state index in [1.807, 2.05) is 0 Å². The van der Waals surface area contributed by atoms with Gasteiger partial charge in [0.25, 0.3) is 11.7 Å². The summed E-state index contributed by atoms with van der Waals surface area (Å²) in [5.74, 6) is -3.75. The molecule has 2 aromatic rings. The van der Waals surface area contributed by atoms with Crippen LogP contribution in [0, 0.1) is 0 Å². The van der Waals surface area contributed by atoms with E-state index in [9.17, 15) is 18.4 Å². The zero-order valence-corrected chi connectivity index (χ0v) is 13.0. The van der Waals surface area contributed by atoms with Gasteiger partial charge < -0.3 is 10.1 Å². The summed E-state index contributed by atoms with van der Waals surface area (Å²) < 4.78 is 29.6. The van der Waals surface area contributed by atoms with Crippen LogP contribution in [0.4, 0.5) is 14.5 Å². The van der Waals surface area contributed by atoms with E-state index in [0.717, 1.165) is 11.3 Å². The van der Waals surface area contributed by atoms with Crippen LogP contribution in [0.2, 0.25) is 0 Å². The third-order valence-electron chi connectivity index (χ3n) is 2.63. The standard InChI is InChI=1S/C14H11F2NO3S2/c1-20-13(19)8-4-2-3-5-9(8)17-12(18)11-10(6-7-21-11)22-14(15)16/h2-7,14H,1H3,(H,17,18). The van der Waals surface area contributed by atoms with Crippen LogP contribution in [0.15, 0.2) is 40.6 Å². The number of thioether (sulfide) groups is 1. The van der Waals surface area contributed by atoms with Crippen molar-refractivity contribution in [2.45, 2.75) is 10.7 Å². The molecule has 1 aromatic carbocycles. The van der Waals surface area contributed by atoms with Crippen molar-refractivity contribution < 1.29 is 23.1 Å². The first-order valence-electron chi connectivity index (χ1n) is 6.04. The second-order valence-electron chi connectivity index (χ2n) is 3.98. The molecular weight excluding hydrogens is 332 g/mol. The molecule has 0 atom stereocenters. The van der Waals surface area contributed by atoms with Crippen molar-refractivity contribution in [1.82, 2.24) is 0 Å². The third kappa shape index (κ3) is 3.83. The Balaban J connectivity index is 2.23. The molecule has 0 unspecified atom stereocenters. The minimum atomic E-state index is -2.61. The quantitative estimate of drug-likeness (QED) is 0.656. The molecule has 0 aliphatic carbocycles. The van der Waals surface area contributed by atoms with Gasteiger partial charge in [0.2, 0.25) is 0 Å². The Morgan fingerprint density at radius 1 is 1.27 bits per heavy atom. The highest BCUT2D eigenvalue weighted by Gasteiger charge is 2.19. The number of alkyl halides is 2. The Kier molecular flexibility index (Phi) is 5.51. The highest BCUT2D eigenvalue weighted by molar-refractivity contribution is 7.99. The highest BCUT2D eigenvalue weighted by atomic mass is 32.2. The molecule has 1 aromatic heterocycles. The van der Waals surface area contributed by atoms with Crippen molar-refractivity contribution in [2.24, 2.45) is 0 Å². The van der Waals surface area contributed by atoms with E-state index in [2.05, 4.69) is 10.1 Å². The summed E-state index contributed by atoms with van der Waals surface area (Å²) in [5.41, 5.74) is 0.457. The van der Waals surface area contributed by atoms with Crippen LogP contribution in [0.25, 0.3) is 0 Å². The Labute approximate surface area is 133 Å². The first kappa shape index (κ1) is 16.4. The van der Waals surface area contributed by atoms with Crippen molar-refractivity contribution in [1.29, 1.82) is 0 Å². The molecule has 116 valence electrons. The number of nitrogens with one attached hydrogen (secondary N) is 1. The number of carbonyl (C=O) groups excluding carboxylic acids is 2. The lowest BCUT2D eigenvalue weighted by atomic mass is 10.2. The van der Waals surface area contributed by atoms with Crippen LogP contribution in [-0.2, 0) is 4.74 Å². The maximum absolute atomic E-state index is 12.5. The number of thiophene rings is 1. The van der Waals surface area contributed by atoms with Crippen LogP contribution >= 0.6 is 23.1 Å². The van der Waals surface area contributed by atoms with Gasteiger partial charge in [-0.15, -0.1) is 11.3 Å². The number of hydrogen-bond acceptors (Lipinski definition) is 5. The number of methoxy groups -OCH3 is 1. The van der Waals surface area contributed by atoms with Gasteiger partial charge >= 0.3 is 5.97 Å². The number of para-hydroxylation sites is 1. The van der Waals surface area contributed by atoms with Crippen molar-refractivity contribution >= 4 is 40.7 Å². The molecule has 1 N–H and O–H groups in total. The van der Waals surface area contributed by atoms with Crippen molar-refractivity contribution in [2.75, 3.05) is 12.4 Å². The maximum Gasteiger partial charge on any atom is 0.339 e. The van der Waals surface area contributed by atoms with Crippen LogP contribution in [-0.4, -0.2) is 24.7 Å². The fraction of sp³-hybridized carbons (Fsp3) is 0.143. The zero-order valence-electron chi connectivity index (χ0n) is 11.3. The number of esters is 1. The number of amides is 1. The monoisotopic (exact) mass is 343 g/mol. The molecule has 22 heavy (non-hydrogen) atoms. The van der Waals surface area contributed by atoms with Gasteiger partial charge in [0.05, 0.1) is 18.4 Å². The topological polar surface area (TPSA) is 55.4 Å². The summed E-state index contributed by atoms with van der Waals surface area (Å²) in [7, 11) is 1.23. The van der Waals surface area contributed by atoms with Gasteiger partial charge in [-0.2, -0.15) is 8.78 Å². The van der Waals surface area contributed by atoms with Gasteiger partial charge in [0, 0.05) is 4.90 Å². The van der Waals surface area contributed by atoms with Gasteiger partial charge in [0.1, 0.15) is 4.88 Å². The molecule has 1 amide bonds. The number of hydrogen-bond donors (Lipinski definition) is 1. The lowest BCUT2D eigenvalue weighted by Gasteiger charge is -2.09. The van der Waals surface area contributed by atoms with Crippen molar-refractivity contribution in [3.8, 4) is 0 Å². The fourth-order valence-corrected chi connectivity index (χ4v) is 3.31. The average molecular weight is 343 g/mol. The minimum Gasteiger partial charge on any atom is -0.465 e. The van der Waals surface area contributed by atoms with E-state index in [0.29, 0.717) is 11.8 Å². The predicted molar refractivity (Wildman–Crippen MR) is 81.9 cm³/mol. The van der Waals surface area contributed by atoms with E-state index in [4.69, 9.17) is 0 Å². The number of benzene rings is 1. The number of anilines is 1. The molecule has 0 spiro atoms. The summed E-state index contributed by atoms with van der Waals surface area (Å²) in [4.78, 5) is 24.2. The highest BCUT2D eigenvalue weighted by Crippen LogP contribution is 2.32. The largest absolute Gasteiger partial charge is 0.465 e. The van der Waals surface area contributed by atoms with Gasteiger partial charge in [-0.25, -0.2) is 4.79 Å². The van der Waals surface area contributed by atoms with Crippen LogP contribution < -0.4 is 5.32 Å². The van der Waals surface area contributed by atoms with Crippen LogP contribution in [0.1, 0.15) is 20.0 Å². The first-order valence-corrected chi connectivity index (χ1v) is 7.80. The van der Waals surface area contributed by atoms with E-state index in [1.165, 1.54) is 25.3 Å². The SMILES string of the molecule is COC(=O)c1ccccc1NC(=O)c1sccc1SC(F)F. The maximum atomic E-state index is 12.5. The molecule has 4 nitrogen and oxygen atoms in total. The van der Waals surface area contributed by atoms with Gasteiger partial charge in [0.15, 0.2) is 0 Å². The molecule has 0 saturated heterocycles. The Hall–Kier alpha value is -1.93. The Morgan fingerprint density at radius 2 is 2.00 bits per heavy atom. The molecule has 1 heterocycles. The van der Waals surface area contributed by atoms with Gasteiger partial charge in [-0.05, 0) is 23.6 Å². The number of rotatable bonds is 5. The molecule has 0 aliphatic rings. The van der Waals surface area contributed by atoms with E-state index < -0.39 is 17.6 Å². The molecule has 0 radical (unpaired) electrons. The molecule has 8 heteroatoms. The zero-order chi connectivity index (χ0) is 16.1. The van der Waals surface area contributed by atoms with E-state index in [-0.39, 0.29) is 21.0 Å². The third-order valence-corrected chi connectivity index (χ3v) is 4.45. The fourth-order valence-electron chi connectivity index (χ4n) is 1.71. The predicted octanol–water partition coefficient (Wildman–Crippen LogP) is 4.10. The average Bonchev–Trinajstić information content (AvgIpc) is 2.94. The number of ether oxygens (including phenoxy) is 1. The lowest BCUT2D eigenvalue weighted by Crippen LogP contribution is -2.15. The van der Waals surface area contributed by atoms with Gasteiger partial charge in [-0.3, -0.25) is 4.79 Å². The van der Waals surface area contributed by atoms with Crippen LogP contribution in [0.5, 0.6) is 0 Å². The van der Waals surface area contributed by atoms with Crippen molar-refractivity contribution in [3.05, 3.63) is 46.2 Å². The molecule has 0 aliphatic heterocycles. The summed E-state index contributed by atoms with van der Waals surface area (Å²) in [6.45, 7) is 0. The second-order valence-corrected chi connectivity index (χ2v) is 5.93. The molecule has 0 bridgehead atoms. The first-order chi connectivity index (χ1) is 10.5. The summed E-state index contributed by atoms with van der Waals surface area (Å²) in [5, 5.41) is 4.12. The Bertz CT molecular complexity index is 688. The van der Waals surface area contributed by atoms with E-state index in [1.54, 1.807) is 17.5 Å². The smallest absolute Gasteiger partial charge is 0.339 e. The number of halogens is 2. The molecule has 2 rings (SSSR count). The summed E-state index contributed by atoms with van der Waals surface area (Å²) in [6, 6.07) is 7.78. The van der Waals surface area contributed by atoms with E-state index >= 15 is 0 Å². The summed E-state index contributed by atoms with van der Waals surface area (Å²) >= 11 is 1.37. The normalized spacial score (nSPS) is 10.5. The molecule has 0 saturated carbocycles. The lowest BCUT2D eigenvalue weighted by molar-refractivity contribution is 0.0602. The minimum absolute atomic E-state index is 0.171. The Morgan fingerprint density at radius 3 is 2.68 bits per heavy atom. The number of carbonyl (C=O) groups is 2.